The number of carbonyl (C=O) groups excluding carboxylic acids is 1. The number of piperazine rings is 2. The maximum atomic E-state index is 12.0. The predicted molar refractivity (Wildman–Crippen MR) is 79.4 cm³/mol. The van der Waals surface area contributed by atoms with Gasteiger partial charge in [0.1, 0.15) is 6.61 Å². The average Bonchev–Trinajstić information content (AvgIpc) is 2.36. The van der Waals surface area contributed by atoms with Crippen molar-refractivity contribution in [3.05, 3.63) is 0 Å². The Hall–Kier alpha value is -0.700. The van der Waals surface area contributed by atoms with Crippen LogP contribution in [0, 0.1) is 0 Å². The minimum atomic E-state index is -3.22. The highest BCUT2D eigenvalue weighted by molar-refractivity contribution is 7.88. The van der Waals surface area contributed by atoms with Crippen LogP contribution < -0.4 is 0 Å². The van der Waals surface area contributed by atoms with E-state index in [4.69, 9.17) is 4.74 Å². The highest BCUT2D eigenvalue weighted by Gasteiger charge is 2.45. The summed E-state index contributed by atoms with van der Waals surface area (Å²) < 4.78 is 30.2. The molecule has 21 heavy (non-hydrogen) atoms. The second kappa shape index (κ2) is 5.83. The van der Waals surface area contributed by atoms with Crippen LogP contribution in [0.1, 0.15) is 13.8 Å². The van der Waals surface area contributed by atoms with E-state index in [9.17, 15) is 13.2 Å². The third kappa shape index (κ3) is 3.56. The number of rotatable bonds is 3. The number of methoxy groups -OCH3 is 1. The van der Waals surface area contributed by atoms with E-state index in [0.717, 1.165) is 6.54 Å². The van der Waals surface area contributed by atoms with E-state index < -0.39 is 10.0 Å². The summed E-state index contributed by atoms with van der Waals surface area (Å²) in [6, 6.07) is 0.0398. The van der Waals surface area contributed by atoms with Gasteiger partial charge in [-0.3, -0.25) is 9.69 Å². The summed E-state index contributed by atoms with van der Waals surface area (Å²) in [6.07, 6.45) is 1.25. The van der Waals surface area contributed by atoms with E-state index in [1.54, 1.807) is 4.90 Å². The molecule has 2 fully saturated rings. The van der Waals surface area contributed by atoms with Gasteiger partial charge in [-0.15, -0.1) is 0 Å². The Labute approximate surface area is 126 Å². The molecule has 2 heterocycles. The van der Waals surface area contributed by atoms with Crippen LogP contribution in [0.5, 0.6) is 0 Å². The Bertz CT molecular complexity index is 506. The number of nitrogens with zero attached hydrogens (tertiary/aromatic N) is 3. The van der Waals surface area contributed by atoms with Crippen molar-refractivity contribution in [2.45, 2.75) is 25.4 Å². The van der Waals surface area contributed by atoms with Crippen LogP contribution in [0.3, 0.4) is 0 Å². The van der Waals surface area contributed by atoms with Crippen LogP contribution >= 0.6 is 0 Å². The van der Waals surface area contributed by atoms with Crippen molar-refractivity contribution < 1.29 is 17.9 Å². The fraction of sp³-hybridized carbons (Fsp3) is 0.923. The fourth-order valence-electron chi connectivity index (χ4n) is 3.32. The van der Waals surface area contributed by atoms with Crippen LogP contribution in [-0.4, -0.2) is 92.7 Å². The standard InChI is InChI=1S/C13H25N3O4S/c1-13(2)10-15(21(4,18)19)8-11-7-14(5-6-16(11)13)12(17)9-20-3/h11H,5-10H2,1-4H3. The fourth-order valence-corrected chi connectivity index (χ4v) is 4.32. The molecule has 7 nitrogen and oxygen atoms in total. The van der Waals surface area contributed by atoms with Crippen molar-refractivity contribution in [2.24, 2.45) is 0 Å². The lowest BCUT2D eigenvalue weighted by Gasteiger charge is -2.54. The first-order valence-electron chi connectivity index (χ1n) is 7.14. The predicted octanol–water partition coefficient (Wildman–Crippen LogP) is -0.801. The van der Waals surface area contributed by atoms with Crippen LogP contribution in [0.4, 0.5) is 0 Å². The van der Waals surface area contributed by atoms with Crippen molar-refractivity contribution in [2.75, 3.05) is 52.7 Å². The van der Waals surface area contributed by atoms with Crippen molar-refractivity contribution in [1.82, 2.24) is 14.1 Å². The third-order valence-electron chi connectivity index (χ3n) is 4.33. The van der Waals surface area contributed by atoms with E-state index in [-0.39, 0.29) is 24.1 Å². The zero-order valence-corrected chi connectivity index (χ0v) is 14.0. The number of amides is 1. The summed E-state index contributed by atoms with van der Waals surface area (Å²) >= 11 is 0. The normalized spacial score (nSPS) is 27.4. The first-order chi connectivity index (χ1) is 9.65. The van der Waals surface area contributed by atoms with Crippen molar-refractivity contribution in [1.29, 1.82) is 0 Å². The van der Waals surface area contributed by atoms with Gasteiger partial charge in [-0.05, 0) is 13.8 Å². The summed E-state index contributed by atoms with van der Waals surface area (Å²) in [5, 5.41) is 0. The summed E-state index contributed by atoms with van der Waals surface area (Å²) in [7, 11) is -1.71. The molecule has 1 atom stereocenters. The molecule has 0 spiro atoms. The van der Waals surface area contributed by atoms with E-state index in [1.807, 2.05) is 0 Å². The molecular formula is C13H25N3O4S. The molecule has 0 aromatic rings. The van der Waals surface area contributed by atoms with Gasteiger partial charge in [-0.2, -0.15) is 4.31 Å². The second-order valence-electron chi connectivity index (χ2n) is 6.49. The van der Waals surface area contributed by atoms with Gasteiger partial charge in [0.25, 0.3) is 0 Å². The average molecular weight is 319 g/mol. The lowest BCUT2D eigenvalue weighted by atomic mass is 9.94. The Morgan fingerprint density at radius 1 is 1.29 bits per heavy atom. The lowest BCUT2D eigenvalue weighted by Crippen LogP contribution is -2.70. The molecule has 1 unspecified atom stereocenters. The van der Waals surface area contributed by atoms with Gasteiger partial charge in [0.05, 0.1) is 6.26 Å². The molecule has 2 saturated heterocycles. The van der Waals surface area contributed by atoms with E-state index in [1.165, 1.54) is 17.7 Å². The molecule has 2 aliphatic heterocycles. The second-order valence-corrected chi connectivity index (χ2v) is 8.47. The minimum Gasteiger partial charge on any atom is -0.375 e. The van der Waals surface area contributed by atoms with Gasteiger partial charge >= 0.3 is 0 Å². The van der Waals surface area contributed by atoms with Crippen LogP contribution in [0.2, 0.25) is 0 Å². The quantitative estimate of drug-likeness (QED) is 0.681. The van der Waals surface area contributed by atoms with Crippen LogP contribution in [0.15, 0.2) is 0 Å². The minimum absolute atomic E-state index is 0.0357. The molecule has 0 aromatic heterocycles. The number of ether oxygens (including phenoxy) is 1. The smallest absolute Gasteiger partial charge is 0.248 e. The molecule has 2 rings (SSSR count). The summed E-state index contributed by atoms with van der Waals surface area (Å²) in [5.74, 6) is -0.0357. The first kappa shape index (κ1) is 16.7. The Morgan fingerprint density at radius 3 is 2.52 bits per heavy atom. The van der Waals surface area contributed by atoms with Crippen molar-refractivity contribution >= 4 is 15.9 Å². The van der Waals surface area contributed by atoms with Gasteiger partial charge in [0.2, 0.25) is 15.9 Å². The Morgan fingerprint density at radius 2 is 1.95 bits per heavy atom. The van der Waals surface area contributed by atoms with E-state index in [2.05, 4.69) is 18.7 Å². The van der Waals surface area contributed by atoms with Gasteiger partial charge < -0.3 is 9.64 Å². The summed E-state index contributed by atoms with van der Waals surface area (Å²) in [5.41, 5.74) is -0.220. The van der Waals surface area contributed by atoms with Gasteiger partial charge in [-0.25, -0.2) is 8.42 Å². The number of hydrogen-bond acceptors (Lipinski definition) is 5. The first-order valence-corrected chi connectivity index (χ1v) is 8.98. The number of sulfonamides is 1. The molecule has 0 bridgehead atoms. The van der Waals surface area contributed by atoms with Crippen molar-refractivity contribution in [3.63, 3.8) is 0 Å². The van der Waals surface area contributed by atoms with Crippen LogP contribution in [-0.2, 0) is 19.6 Å². The molecule has 1 amide bonds. The maximum absolute atomic E-state index is 12.0. The Balaban J connectivity index is 2.14. The van der Waals surface area contributed by atoms with Gasteiger partial charge in [0.15, 0.2) is 0 Å². The third-order valence-corrected chi connectivity index (χ3v) is 5.54. The molecular weight excluding hydrogens is 294 g/mol. The summed E-state index contributed by atoms with van der Waals surface area (Å²) in [4.78, 5) is 16.1. The number of hydrogen-bond donors (Lipinski definition) is 0. The van der Waals surface area contributed by atoms with Crippen LogP contribution in [0.25, 0.3) is 0 Å². The molecule has 0 radical (unpaired) electrons. The molecule has 0 saturated carbocycles. The topological polar surface area (TPSA) is 70.2 Å². The van der Waals surface area contributed by atoms with Crippen molar-refractivity contribution in [3.8, 4) is 0 Å². The zero-order valence-electron chi connectivity index (χ0n) is 13.2. The highest BCUT2D eigenvalue weighted by Crippen LogP contribution is 2.29. The van der Waals surface area contributed by atoms with Gasteiger partial charge in [-0.1, -0.05) is 0 Å². The number of carbonyl (C=O) groups is 1. The zero-order chi connectivity index (χ0) is 15.8. The van der Waals surface area contributed by atoms with Gasteiger partial charge in [0, 0.05) is 51.4 Å². The monoisotopic (exact) mass is 319 g/mol. The number of fused-ring (bicyclic) bond motifs is 1. The molecule has 2 aliphatic rings. The molecule has 8 heteroatoms. The Kier molecular flexibility index (Phi) is 4.63. The SMILES string of the molecule is COCC(=O)N1CCN2C(C1)CN(S(C)(=O)=O)CC2(C)C. The van der Waals surface area contributed by atoms with E-state index in [0.29, 0.717) is 26.2 Å². The highest BCUT2D eigenvalue weighted by atomic mass is 32.2. The molecule has 0 aliphatic carbocycles. The van der Waals surface area contributed by atoms with E-state index >= 15 is 0 Å². The largest absolute Gasteiger partial charge is 0.375 e. The molecule has 0 aromatic carbocycles. The lowest BCUT2D eigenvalue weighted by molar-refractivity contribution is -0.141. The molecule has 0 N–H and O–H groups in total. The maximum Gasteiger partial charge on any atom is 0.248 e. The molecule has 122 valence electrons. The summed E-state index contributed by atoms with van der Waals surface area (Å²) in [6.45, 7) is 7.12.